The van der Waals surface area contributed by atoms with Crippen LogP contribution in [0.15, 0.2) is 34.2 Å². The van der Waals surface area contributed by atoms with Crippen LogP contribution in [0, 0.1) is 6.92 Å². The van der Waals surface area contributed by atoms with Crippen LogP contribution in [0.2, 0.25) is 0 Å². The van der Waals surface area contributed by atoms with Crippen molar-refractivity contribution in [2.45, 2.75) is 26.3 Å². The van der Waals surface area contributed by atoms with Gasteiger partial charge in [-0.25, -0.2) is 0 Å². The van der Waals surface area contributed by atoms with Crippen molar-refractivity contribution in [3.05, 3.63) is 50.4 Å². The molecule has 2 heterocycles. The summed E-state index contributed by atoms with van der Waals surface area (Å²) in [6.07, 6.45) is 2.86. The van der Waals surface area contributed by atoms with Crippen LogP contribution >= 0.6 is 27.3 Å². The van der Waals surface area contributed by atoms with Crippen LogP contribution in [0.25, 0.3) is 0 Å². The quantitative estimate of drug-likeness (QED) is 0.895. The maximum Gasteiger partial charge on any atom is 0.0701 e. The fraction of sp³-hybridized carbons (Fsp3) is 0.357. The van der Waals surface area contributed by atoms with E-state index in [9.17, 15) is 0 Å². The van der Waals surface area contributed by atoms with Gasteiger partial charge in [0.15, 0.2) is 0 Å². The summed E-state index contributed by atoms with van der Waals surface area (Å²) in [5.41, 5.74) is 2.41. The molecule has 0 amide bonds. The predicted octanol–water partition coefficient (Wildman–Crippen LogP) is 4.11. The Morgan fingerprint density at radius 3 is 2.83 bits per heavy atom. The Morgan fingerprint density at radius 1 is 1.39 bits per heavy atom. The zero-order chi connectivity index (χ0) is 13.0. The summed E-state index contributed by atoms with van der Waals surface area (Å²) in [4.78, 5) is 5.90. The number of nitrogens with zero attached hydrogens (tertiary/aromatic N) is 1. The van der Waals surface area contributed by atoms with Crippen LogP contribution in [0.3, 0.4) is 0 Å². The van der Waals surface area contributed by atoms with Gasteiger partial charge in [-0.2, -0.15) is 0 Å². The fourth-order valence-electron chi connectivity index (χ4n) is 2.04. The van der Waals surface area contributed by atoms with Crippen molar-refractivity contribution >= 4 is 27.3 Å². The van der Waals surface area contributed by atoms with E-state index in [1.54, 1.807) is 11.3 Å². The molecule has 0 aliphatic carbocycles. The van der Waals surface area contributed by atoms with Gasteiger partial charge in [0.2, 0.25) is 0 Å². The van der Waals surface area contributed by atoms with Crippen LogP contribution in [0.4, 0.5) is 0 Å². The molecule has 0 radical (unpaired) electrons. The first kappa shape index (κ1) is 13.7. The van der Waals surface area contributed by atoms with Gasteiger partial charge in [0.1, 0.15) is 0 Å². The third kappa shape index (κ3) is 3.40. The lowest BCUT2D eigenvalue weighted by atomic mass is 10.0. The average molecular weight is 325 g/mol. The number of aryl methyl sites for hydroxylation is 1. The number of pyridine rings is 1. The van der Waals surface area contributed by atoms with E-state index in [0.717, 1.165) is 18.7 Å². The van der Waals surface area contributed by atoms with Crippen molar-refractivity contribution in [3.8, 4) is 0 Å². The number of thiophene rings is 1. The number of nitrogens with one attached hydrogen (secondary N) is 1. The smallest absolute Gasteiger partial charge is 0.0701 e. The molecule has 0 aliphatic rings. The molecule has 1 unspecified atom stereocenters. The second-order valence-corrected chi connectivity index (χ2v) is 6.77. The lowest BCUT2D eigenvalue weighted by Gasteiger charge is -2.18. The maximum atomic E-state index is 4.53. The average Bonchev–Trinajstić information content (AvgIpc) is 2.75. The van der Waals surface area contributed by atoms with Crippen LogP contribution in [-0.2, 0) is 6.42 Å². The second-order valence-electron chi connectivity index (χ2n) is 4.23. The molecule has 0 fully saturated rings. The molecular formula is C14H17BrN2S. The zero-order valence-electron chi connectivity index (χ0n) is 10.6. The number of halogens is 1. The number of rotatable bonds is 5. The Kier molecular flexibility index (Phi) is 4.92. The summed E-state index contributed by atoms with van der Waals surface area (Å²) in [6.45, 7) is 5.21. The highest BCUT2D eigenvalue weighted by atomic mass is 79.9. The molecule has 0 saturated heterocycles. The van der Waals surface area contributed by atoms with E-state index >= 15 is 0 Å². The lowest BCUT2D eigenvalue weighted by molar-refractivity contribution is 0.537. The normalized spacial score (nSPS) is 12.6. The molecule has 0 aromatic carbocycles. The van der Waals surface area contributed by atoms with Gasteiger partial charge in [-0.15, -0.1) is 11.3 Å². The van der Waals surface area contributed by atoms with Gasteiger partial charge in [0, 0.05) is 17.5 Å². The van der Waals surface area contributed by atoms with Crippen molar-refractivity contribution in [1.29, 1.82) is 0 Å². The molecule has 4 heteroatoms. The molecule has 2 nitrogen and oxygen atoms in total. The predicted molar refractivity (Wildman–Crippen MR) is 81.1 cm³/mol. The highest BCUT2D eigenvalue weighted by Crippen LogP contribution is 2.27. The molecule has 0 saturated carbocycles. The highest BCUT2D eigenvalue weighted by Gasteiger charge is 2.15. The molecule has 0 aliphatic heterocycles. The SMILES string of the molecule is CCNC(Cc1ccc(Br)s1)c1ncccc1C. The first-order valence-electron chi connectivity index (χ1n) is 6.09. The van der Waals surface area contributed by atoms with Gasteiger partial charge in [-0.3, -0.25) is 4.98 Å². The van der Waals surface area contributed by atoms with E-state index < -0.39 is 0 Å². The summed E-state index contributed by atoms with van der Waals surface area (Å²) in [6, 6.07) is 8.69. The minimum atomic E-state index is 0.293. The van der Waals surface area contributed by atoms with Crippen molar-refractivity contribution in [2.75, 3.05) is 6.54 Å². The number of likely N-dealkylation sites (N-methyl/N-ethyl adjacent to an activating group) is 1. The Balaban J connectivity index is 2.20. The van der Waals surface area contributed by atoms with Gasteiger partial charge >= 0.3 is 0 Å². The third-order valence-electron chi connectivity index (χ3n) is 2.86. The van der Waals surface area contributed by atoms with E-state index in [4.69, 9.17) is 0 Å². The molecule has 2 rings (SSSR count). The second kappa shape index (κ2) is 6.45. The Hall–Kier alpha value is -0.710. The monoisotopic (exact) mass is 324 g/mol. The molecule has 1 N–H and O–H groups in total. The van der Waals surface area contributed by atoms with Gasteiger partial charge in [0.25, 0.3) is 0 Å². The van der Waals surface area contributed by atoms with Crippen LogP contribution in [0.5, 0.6) is 0 Å². The van der Waals surface area contributed by atoms with Crippen LogP contribution in [0.1, 0.15) is 29.1 Å². The summed E-state index contributed by atoms with van der Waals surface area (Å²) in [5, 5.41) is 3.53. The number of hydrogen-bond donors (Lipinski definition) is 1. The Labute approximate surface area is 121 Å². The summed E-state index contributed by atoms with van der Waals surface area (Å²) < 4.78 is 1.19. The molecular weight excluding hydrogens is 308 g/mol. The molecule has 96 valence electrons. The van der Waals surface area contributed by atoms with E-state index in [-0.39, 0.29) is 0 Å². The molecule has 18 heavy (non-hydrogen) atoms. The van der Waals surface area contributed by atoms with E-state index in [1.165, 1.54) is 14.2 Å². The van der Waals surface area contributed by atoms with Gasteiger partial charge in [-0.1, -0.05) is 13.0 Å². The van der Waals surface area contributed by atoms with Crippen LogP contribution < -0.4 is 5.32 Å². The van der Waals surface area contributed by atoms with Crippen molar-refractivity contribution in [3.63, 3.8) is 0 Å². The summed E-state index contributed by atoms with van der Waals surface area (Å²) >= 11 is 5.31. The zero-order valence-corrected chi connectivity index (χ0v) is 13.0. The molecule has 0 spiro atoms. The number of hydrogen-bond acceptors (Lipinski definition) is 3. The summed E-state index contributed by atoms with van der Waals surface area (Å²) in [5.74, 6) is 0. The highest BCUT2D eigenvalue weighted by molar-refractivity contribution is 9.11. The van der Waals surface area contributed by atoms with Gasteiger partial charge in [-0.05, 0) is 53.2 Å². The van der Waals surface area contributed by atoms with Crippen molar-refractivity contribution < 1.29 is 0 Å². The summed E-state index contributed by atoms with van der Waals surface area (Å²) in [7, 11) is 0. The van der Waals surface area contributed by atoms with E-state index in [1.807, 2.05) is 12.3 Å². The standard InChI is InChI=1S/C14H17BrN2S/c1-3-16-12(9-11-6-7-13(15)18-11)14-10(2)5-4-8-17-14/h4-8,12,16H,3,9H2,1-2H3. The van der Waals surface area contributed by atoms with Crippen LogP contribution in [-0.4, -0.2) is 11.5 Å². The molecule has 1 atom stereocenters. The Bertz CT molecular complexity index is 510. The van der Waals surface area contributed by atoms with Gasteiger partial charge in [0.05, 0.1) is 15.5 Å². The molecule has 2 aromatic rings. The van der Waals surface area contributed by atoms with E-state index in [2.05, 4.69) is 58.3 Å². The third-order valence-corrected chi connectivity index (χ3v) is 4.51. The first-order chi connectivity index (χ1) is 8.70. The molecule has 0 bridgehead atoms. The topological polar surface area (TPSA) is 24.9 Å². The number of aromatic nitrogens is 1. The van der Waals surface area contributed by atoms with Gasteiger partial charge < -0.3 is 5.32 Å². The maximum absolute atomic E-state index is 4.53. The first-order valence-corrected chi connectivity index (χ1v) is 7.70. The Morgan fingerprint density at radius 2 is 2.22 bits per heavy atom. The van der Waals surface area contributed by atoms with Crippen molar-refractivity contribution in [2.24, 2.45) is 0 Å². The van der Waals surface area contributed by atoms with E-state index in [0.29, 0.717) is 6.04 Å². The minimum Gasteiger partial charge on any atom is -0.309 e. The minimum absolute atomic E-state index is 0.293. The lowest BCUT2D eigenvalue weighted by Crippen LogP contribution is -2.24. The fourth-order valence-corrected chi connectivity index (χ4v) is 3.57. The largest absolute Gasteiger partial charge is 0.309 e. The molecule has 2 aromatic heterocycles. The van der Waals surface area contributed by atoms with Crippen molar-refractivity contribution in [1.82, 2.24) is 10.3 Å².